The molecule has 5 heavy (non-hydrogen) atoms. The van der Waals surface area contributed by atoms with E-state index in [0.717, 1.165) is 0 Å². The molecule has 0 aliphatic rings. The van der Waals surface area contributed by atoms with E-state index in [-0.39, 0.29) is 70.7 Å². The van der Waals surface area contributed by atoms with E-state index in [1.165, 1.54) is 0 Å². The van der Waals surface area contributed by atoms with Crippen LogP contribution in [0.3, 0.4) is 0 Å². The van der Waals surface area contributed by atoms with Gasteiger partial charge >= 0.3 is 25.6 Å². The zero-order chi connectivity index (χ0) is 2.00. The summed E-state index contributed by atoms with van der Waals surface area (Å²) in [6.45, 7) is 0. The number of hydrogen-bond acceptors (Lipinski definition) is 1. The van der Waals surface area contributed by atoms with Gasteiger partial charge in [-0.05, 0) is 0 Å². The van der Waals surface area contributed by atoms with Gasteiger partial charge in [0, 0.05) is 70.7 Å². The van der Waals surface area contributed by atoms with Crippen molar-refractivity contribution in [1.29, 1.82) is 0 Å². The third kappa shape index (κ3) is 19.6. The molecule has 0 rings (SSSR count). The fourth-order valence-corrected chi connectivity index (χ4v) is 0. The summed E-state index contributed by atoms with van der Waals surface area (Å²) in [6, 6.07) is 0. The van der Waals surface area contributed by atoms with E-state index in [1.54, 1.807) is 0 Å². The van der Waals surface area contributed by atoms with Crippen molar-refractivity contribution in [2.24, 2.45) is 0 Å². The Hall–Kier alpha value is 2.93. The maximum absolute atomic E-state index is 8.34. The minimum atomic E-state index is 0. The summed E-state index contributed by atoms with van der Waals surface area (Å²) >= 11 is 0.300. The molecule has 0 saturated carbocycles. The standard InChI is InChI=1S/Cd.Ge.In.O.Sn. The predicted molar refractivity (Wildman–Crippen MR) is 17.9 cm³/mol. The molecule has 0 aliphatic carbocycles. The van der Waals surface area contributed by atoms with Crippen molar-refractivity contribution in [2.75, 3.05) is 0 Å². The van der Waals surface area contributed by atoms with E-state index in [0.29, 0.717) is 22.5 Å². The molecule has 5 heteroatoms. The molecule has 0 aromatic carbocycles. The summed E-state index contributed by atoms with van der Waals surface area (Å²) in [5.74, 6) is 0. The van der Waals surface area contributed by atoms with Gasteiger partial charge in [-0.25, -0.2) is 0 Å². The molecular weight excluding hydrogens is 435 g/mol. The zero-order valence-electron chi connectivity index (χ0n) is 2.69. The van der Waals surface area contributed by atoms with Crippen molar-refractivity contribution in [1.82, 2.24) is 0 Å². The second kappa shape index (κ2) is 28.4. The Labute approximate surface area is 94.4 Å². The Balaban J connectivity index is -0.00000000167. The van der Waals surface area contributed by atoms with Crippen LogP contribution in [0.15, 0.2) is 0 Å². The normalized spacial score (nSPS) is 0.800. The summed E-state index contributed by atoms with van der Waals surface area (Å²) in [5, 5.41) is 0. The second-order valence-corrected chi connectivity index (χ2v) is 0. The van der Waals surface area contributed by atoms with Crippen molar-refractivity contribution in [3.05, 3.63) is 0 Å². The second-order valence-electron chi connectivity index (χ2n) is 0. The first kappa shape index (κ1) is 24.6. The minimum absolute atomic E-state index is 0. The van der Waals surface area contributed by atoms with Gasteiger partial charge in [0.05, 0.1) is 0 Å². The van der Waals surface area contributed by atoms with Crippen molar-refractivity contribution in [2.45, 2.75) is 0 Å². The Bertz CT molecular complexity index is 11.6. The molecule has 0 heterocycles. The van der Waals surface area contributed by atoms with E-state index < -0.39 is 0 Å². The van der Waals surface area contributed by atoms with Crippen molar-refractivity contribution in [3.63, 3.8) is 0 Å². The Kier molecular flexibility index (Phi) is 140. The summed E-state index contributed by atoms with van der Waals surface area (Å²) in [4.78, 5) is 0. The van der Waals surface area contributed by atoms with Crippen LogP contribution in [0.5, 0.6) is 0 Å². The molecule has 0 unspecified atom stereocenters. The van der Waals surface area contributed by atoms with E-state index >= 15 is 0 Å². The summed E-state index contributed by atoms with van der Waals surface area (Å²) in [7, 11) is 0. The SMILES string of the molecule is [Cd].[Ge].[In].[O]=[Sn]. The van der Waals surface area contributed by atoms with Gasteiger partial charge in [0.25, 0.3) is 0 Å². The van der Waals surface area contributed by atoms with Crippen molar-refractivity contribution >= 4 is 66.0 Å². The molecule has 9 radical (unpaired) electrons. The molecule has 0 aromatic heterocycles. The third-order valence-corrected chi connectivity index (χ3v) is 0. The van der Waals surface area contributed by atoms with Crippen molar-refractivity contribution < 1.29 is 30.4 Å². The van der Waals surface area contributed by atoms with E-state index in [2.05, 4.69) is 0 Å². The molecule has 0 saturated heterocycles. The quantitative estimate of drug-likeness (QED) is 0.435. The molecule has 0 amide bonds. The van der Waals surface area contributed by atoms with Gasteiger partial charge in [0.15, 0.2) is 0 Å². The van der Waals surface area contributed by atoms with Gasteiger partial charge in [-0.3, -0.25) is 0 Å². The van der Waals surface area contributed by atoms with Crippen LogP contribution < -0.4 is 0 Å². The first-order valence-corrected chi connectivity index (χ1v) is 1.37. The van der Waals surface area contributed by atoms with Crippen LogP contribution in [-0.2, 0) is 30.4 Å². The molecule has 19 valence electrons. The fourth-order valence-electron chi connectivity index (χ4n) is 0. The first-order chi connectivity index (χ1) is 1.00. The van der Waals surface area contributed by atoms with Crippen LogP contribution in [0.2, 0.25) is 0 Å². The molecule has 1 nitrogen and oxygen atoms in total. The Morgan fingerprint density at radius 3 is 1.20 bits per heavy atom. The molecule has 0 spiro atoms. The molecular formula is CdGeInOSn. The van der Waals surface area contributed by atoms with Gasteiger partial charge in [-0.1, -0.05) is 0 Å². The van der Waals surface area contributed by atoms with E-state index in [1.807, 2.05) is 0 Å². The maximum atomic E-state index is 8.34. The van der Waals surface area contributed by atoms with Crippen LogP contribution in [0.25, 0.3) is 0 Å². The van der Waals surface area contributed by atoms with Crippen molar-refractivity contribution in [3.8, 4) is 0 Å². The molecule has 0 N–H and O–H groups in total. The average Bonchev–Trinajstić information content (AvgIpc) is 1.00. The van der Waals surface area contributed by atoms with Crippen LogP contribution >= 0.6 is 0 Å². The molecule has 0 bridgehead atoms. The topological polar surface area (TPSA) is 17.1 Å². The van der Waals surface area contributed by atoms with Gasteiger partial charge in [-0.2, -0.15) is 0 Å². The molecule has 0 atom stereocenters. The van der Waals surface area contributed by atoms with E-state index in [4.69, 9.17) is 3.08 Å². The fraction of sp³-hybridized carbons (Fsp3) is 0. The third-order valence-electron chi connectivity index (χ3n) is 0. The summed E-state index contributed by atoms with van der Waals surface area (Å²) in [6.07, 6.45) is 0. The zero-order valence-corrected chi connectivity index (χ0v) is 15.0. The predicted octanol–water partition coefficient (Wildman–Crippen LogP) is -1.26. The van der Waals surface area contributed by atoms with Gasteiger partial charge < -0.3 is 0 Å². The number of rotatable bonds is 0. The van der Waals surface area contributed by atoms with Crippen LogP contribution in [0, 0.1) is 0 Å². The van der Waals surface area contributed by atoms with Crippen LogP contribution in [-0.4, -0.2) is 66.0 Å². The van der Waals surface area contributed by atoms with Gasteiger partial charge in [0.2, 0.25) is 0 Å². The van der Waals surface area contributed by atoms with Gasteiger partial charge in [0.1, 0.15) is 0 Å². The summed E-state index contributed by atoms with van der Waals surface area (Å²) in [5.41, 5.74) is 0. The number of hydrogen-bond donors (Lipinski definition) is 0. The molecule has 0 fully saturated rings. The summed E-state index contributed by atoms with van der Waals surface area (Å²) < 4.78 is 8.34. The average molecular weight is 435 g/mol. The van der Waals surface area contributed by atoms with Crippen LogP contribution in [0.1, 0.15) is 0 Å². The first-order valence-electron chi connectivity index (χ1n) is 0.204. The van der Waals surface area contributed by atoms with E-state index in [9.17, 15) is 0 Å². The van der Waals surface area contributed by atoms with Gasteiger partial charge in [-0.15, -0.1) is 0 Å². The molecule has 0 aliphatic heterocycles. The monoisotopic (exact) mass is 439 g/mol. The Morgan fingerprint density at radius 2 is 1.20 bits per heavy atom. The van der Waals surface area contributed by atoms with Crippen LogP contribution in [0.4, 0.5) is 0 Å². The molecule has 0 aromatic rings. The Morgan fingerprint density at radius 1 is 1.20 bits per heavy atom.